The minimum Gasteiger partial charge on any atom is -0.363 e. The molecule has 17 heavy (non-hydrogen) atoms. The normalized spacial score (nSPS) is 11.4. The lowest BCUT2D eigenvalue weighted by molar-refractivity contribution is 0.474. The Morgan fingerprint density at radius 2 is 2.06 bits per heavy atom. The first-order valence-electron chi connectivity index (χ1n) is 5.87. The summed E-state index contributed by atoms with van der Waals surface area (Å²) in [7, 11) is 0. The number of benzene rings is 1. The lowest BCUT2D eigenvalue weighted by atomic mass is 10.3. The van der Waals surface area contributed by atoms with Crippen LogP contribution in [-0.4, -0.2) is 39.3 Å². The predicted octanol–water partition coefficient (Wildman–Crippen LogP) is 1.76. The Labute approximate surface area is 101 Å². The summed E-state index contributed by atoms with van der Waals surface area (Å²) in [4.78, 5) is 6.51. The van der Waals surface area contributed by atoms with Gasteiger partial charge in [0.15, 0.2) is 0 Å². The molecule has 1 heterocycles. The van der Waals surface area contributed by atoms with E-state index in [1.165, 1.54) is 0 Å². The molecule has 0 aliphatic heterocycles. The van der Waals surface area contributed by atoms with Crippen LogP contribution in [0.25, 0.3) is 11.0 Å². The third-order valence-electron chi connectivity index (χ3n) is 2.69. The molecule has 0 N–H and O–H groups in total. The van der Waals surface area contributed by atoms with Gasteiger partial charge in [-0.1, -0.05) is 17.3 Å². The van der Waals surface area contributed by atoms with Gasteiger partial charge >= 0.3 is 0 Å². The van der Waals surface area contributed by atoms with E-state index in [0.717, 1.165) is 24.1 Å². The molecule has 0 saturated carbocycles. The zero-order valence-corrected chi connectivity index (χ0v) is 10.2. The van der Waals surface area contributed by atoms with Crippen molar-refractivity contribution in [1.82, 2.24) is 19.9 Å². The van der Waals surface area contributed by atoms with Gasteiger partial charge in [0.05, 0.1) is 11.9 Å². The van der Waals surface area contributed by atoms with Crippen molar-refractivity contribution < 1.29 is 0 Å². The van der Waals surface area contributed by atoms with Gasteiger partial charge in [-0.25, -0.2) is 4.68 Å². The van der Waals surface area contributed by atoms with E-state index in [4.69, 9.17) is 0 Å². The fourth-order valence-corrected chi connectivity index (χ4v) is 1.64. The second-order valence-electron chi connectivity index (χ2n) is 3.74. The first kappa shape index (κ1) is 11.6. The van der Waals surface area contributed by atoms with Crippen molar-refractivity contribution in [3.63, 3.8) is 0 Å². The predicted molar refractivity (Wildman–Crippen MR) is 68.9 cm³/mol. The number of aromatic nitrogens is 3. The Kier molecular flexibility index (Phi) is 3.69. The molecule has 2 aromatic rings. The first-order valence-corrected chi connectivity index (χ1v) is 5.87. The molecule has 0 aliphatic rings. The van der Waals surface area contributed by atoms with Gasteiger partial charge < -0.3 is 4.90 Å². The third-order valence-corrected chi connectivity index (χ3v) is 2.69. The highest BCUT2D eigenvalue weighted by atomic mass is 15.4. The van der Waals surface area contributed by atoms with E-state index in [-0.39, 0.29) is 0 Å². The Balaban J connectivity index is 2.09. The molecular weight excluding hydrogens is 214 g/mol. The zero-order chi connectivity index (χ0) is 12.1. The van der Waals surface area contributed by atoms with Gasteiger partial charge in [0.25, 0.3) is 0 Å². The van der Waals surface area contributed by atoms with Crippen LogP contribution in [0.1, 0.15) is 13.8 Å². The van der Waals surface area contributed by atoms with Crippen LogP contribution in [0.3, 0.4) is 0 Å². The van der Waals surface area contributed by atoms with E-state index in [1.807, 2.05) is 30.6 Å². The Bertz CT molecular complexity index is 498. The third kappa shape index (κ3) is 2.61. The standard InChI is InChI=1S/C12H17N5/c1-3-16(4-2)9-13-10-17-12-8-6-5-7-11(12)14-15-17/h5-9H,3-4,10H2,1-2H3/b13-9+. The molecule has 0 atom stereocenters. The van der Waals surface area contributed by atoms with Gasteiger partial charge in [0.1, 0.15) is 12.2 Å². The van der Waals surface area contributed by atoms with Crippen molar-refractivity contribution in [2.24, 2.45) is 4.99 Å². The van der Waals surface area contributed by atoms with Gasteiger partial charge in [-0.3, -0.25) is 4.99 Å². The van der Waals surface area contributed by atoms with Crippen LogP contribution in [0.5, 0.6) is 0 Å². The van der Waals surface area contributed by atoms with Crippen LogP contribution in [0.15, 0.2) is 29.3 Å². The lowest BCUT2D eigenvalue weighted by Gasteiger charge is -2.13. The summed E-state index contributed by atoms with van der Waals surface area (Å²) in [6.45, 7) is 6.67. The highest BCUT2D eigenvalue weighted by Gasteiger charge is 2.01. The molecule has 2 rings (SSSR count). The number of fused-ring (bicyclic) bond motifs is 1. The van der Waals surface area contributed by atoms with E-state index in [0.29, 0.717) is 6.67 Å². The SMILES string of the molecule is CCN(/C=N/Cn1nnc2ccccc21)CC. The van der Waals surface area contributed by atoms with E-state index in [2.05, 4.69) is 34.1 Å². The van der Waals surface area contributed by atoms with Gasteiger partial charge in [-0.2, -0.15) is 0 Å². The summed E-state index contributed by atoms with van der Waals surface area (Å²) in [5.41, 5.74) is 1.93. The van der Waals surface area contributed by atoms with E-state index in [1.54, 1.807) is 4.68 Å². The maximum absolute atomic E-state index is 4.37. The monoisotopic (exact) mass is 231 g/mol. The summed E-state index contributed by atoms with van der Waals surface area (Å²) in [5, 5.41) is 8.16. The maximum atomic E-state index is 4.37. The van der Waals surface area contributed by atoms with Crippen LogP contribution in [0, 0.1) is 0 Å². The lowest BCUT2D eigenvalue weighted by Crippen LogP contribution is -2.20. The second kappa shape index (κ2) is 5.43. The molecule has 0 spiro atoms. The van der Waals surface area contributed by atoms with Crippen molar-refractivity contribution in [3.05, 3.63) is 24.3 Å². The van der Waals surface area contributed by atoms with Crippen LogP contribution in [0.4, 0.5) is 0 Å². The van der Waals surface area contributed by atoms with Gasteiger partial charge in [-0.05, 0) is 26.0 Å². The zero-order valence-electron chi connectivity index (χ0n) is 10.2. The number of aliphatic imine (C=N–C) groups is 1. The summed E-state index contributed by atoms with van der Waals surface area (Å²) >= 11 is 0. The molecule has 0 aliphatic carbocycles. The molecule has 5 nitrogen and oxygen atoms in total. The van der Waals surface area contributed by atoms with Crippen molar-refractivity contribution in [1.29, 1.82) is 0 Å². The molecule has 90 valence electrons. The average molecular weight is 231 g/mol. The van der Waals surface area contributed by atoms with Crippen molar-refractivity contribution in [3.8, 4) is 0 Å². The summed E-state index contributed by atoms with van der Waals surface area (Å²) in [5.74, 6) is 0. The Morgan fingerprint density at radius 3 is 2.82 bits per heavy atom. The number of para-hydroxylation sites is 1. The molecule has 0 amide bonds. The van der Waals surface area contributed by atoms with Crippen LogP contribution >= 0.6 is 0 Å². The summed E-state index contributed by atoms with van der Waals surface area (Å²) in [6.07, 6.45) is 1.87. The molecule has 1 aromatic carbocycles. The van der Waals surface area contributed by atoms with Crippen LogP contribution in [-0.2, 0) is 6.67 Å². The number of nitrogens with zero attached hydrogens (tertiary/aromatic N) is 5. The number of hydrogen-bond acceptors (Lipinski definition) is 3. The largest absolute Gasteiger partial charge is 0.363 e. The molecule has 0 fully saturated rings. The van der Waals surface area contributed by atoms with Gasteiger partial charge in [0.2, 0.25) is 0 Å². The number of rotatable bonds is 5. The molecule has 0 radical (unpaired) electrons. The van der Waals surface area contributed by atoms with Gasteiger partial charge in [0, 0.05) is 13.1 Å². The molecular formula is C12H17N5. The highest BCUT2D eigenvalue weighted by molar-refractivity contribution is 5.73. The second-order valence-corrected chi connectivity index (χ2v) is 3.74. The minimum absolute atomic E-state index is 0.511. The maximum Gasteiger partial charge on any atom is 0.135 e. The molecule has 1 aromatic heterocycles. The number of hydrogen-bond donors (Lipinski definition) is 0. The van der Waals surface area contributed by atoms with Crippen molar-refractivity contribution >= 4 is 17.4 Å². The van der Waals surface area contributed by atoms with E-state index in [9.17, 15) is 0 Å². The smallest absolute Gasteiger partial charge is 0.135 e. The molecule has 0 unspecified atom stereocenters. The Morgan fingerprint density at radius 1 is 1.29 bits per heavy atom. The quantitative estimate of drug-likeness (QED) is 0.582. The Hall–Kier alpha value is -1.91. The first-order chi connectivity index (χ1) is 8.35. The molecule has 0 bridgehead atoms. The topological polar surface area (TPSA) is 46.3 Å². The summed E-state index contributed by atoms with van der Waals surface area (Å²) in [6, 6.07) is 7.89. The molecule has 0 saturated heterocycles. The summed E-state index contributed by atoms with van der Waals surface area (Å²) < 4.78 is 1.80. The van der Waals surface area contributed by atoms with Gasteiger partial charge in [-0.15, -0.1) is 5.10 Å². The molecule has 5 heteroatoms. The highest BCUT2D eigenvalue weighted by Crippen LogP contribution is 2.09. The van der Waals surface area contributed by atoms with Crippen LogP contribution in [0.2, 0.25) is 0 Å². The minimum atomic E-state index is 0.511. The fourth-order valence-electron chi connectivity index (χ4n) is 1.64. The van der Waals surface area contributed by atoms with Crippen LogP contribution < -0.4 is 0 Å². The average Bonchev–Trinajstić information content (AvgIpc) is 2.78. The van der Waals surface area contributed by atoms with E-state index >= 15 is 0 Å². The van der Waals surface area contributed by atoms with E-state index < -0.39 is 0 Å². The van der Waals surface area contributed by atoms with Crippen molar-refractivity contribution in [2.75, 3.05) is 13.1 Å². The fraction of sp³-hybridized carbons (Fsp3) is 0.417. The van der Waals surface area contributed by atoms with Crippen molar-refractivity contribution in [2.45, 2.75) is 20.5 Å².